The Hall–Kier alpha value is -2.04. The number of methoxy groups -OCH3 is 1. The molecule has 1 aromatic carbocycles. The van der Waals surface area contributed by atoms with E-state index in [9.17, 15) is 4.79 Å². The van der Waals surface area contributed by atoms with Crippen LogP contribution in [0.4, 0.5) is 0 Å². The molecule has 1 amide bonds. The minimum absolute atomic E-state index is 0.0741. The second-order valence-electron chi connectivity index (χ2n) is 3.38. The zero-order valence-corrected chi connectivity index (χ0v) is 9.54. The van der Waals surface area contributed by atoms with Crippen molar-refractivity contribution in [2.24, 2.45) is 5.11 Å². The lowest BCUT2D eigenvalue weighted by Gasteiger charge is -2.10. The fourth-order valence-corrected chi connectivity index (χ4v) is 1.28. The lowest BCUT2D eigenvalue weighted by molar-refractivity contribution is -0.123. The van der Waals surface area contributed by atoms with Gasteiger partial charge in [-0.2, -0.15) is 0 Å². The van der Waals surface area contributed by atoms with Gasteiger partial charge in [-0.25, -0.2) is 0 Å². The number of amides is 1. The molecule has 0 saturated heterocycles. The van der Waals surface area contributed by atoms with Crippen LogP contribution in [0.1, 0.15) is 5.56 Å². The van der Waals surface area contributed by atoms with Crippen molar-refractivity contribution in [3.63, 3.8) is 0 Å². The molecule has 1 N–H and O–H groups in total. The Kier molecular flexibility index (Phi) is 5.57. The molecule has 0 unspecified atom stereocenters. The van der Waals surface area contributed by atoms with Crippen LogP contribution >= 0.6 is 0 Å². The molecule has 0 radical (unpaired) electrons. The SMILES string of the molecule is COC[C@@H](N=[N+]=[N-])C(=O)NCc1ccccc1. The first-order chi connectivity index (χ1) is 8.27. The number of hydrogen-bond donors (Lipinski definition) is 1. The Labute approximate surface area is 99.2 Å². The van der Waals surface area contributed by atoms with Crippen molar-refractivity contribution in [2.75, 3.05) is 13.7 Å². The van der Waals surface area contributed by atoms with Gasteiger partial charge >= 0.3 is 0 Å². The quantitative estimate of drug-likeness (QED) is 0.460. The molecule has 0 bridgehead atoms. The molecule has 1 atom stereocenters. The molecular weight excluding hydrogens is 220 g/mol. The topological polar surface area (TPSA) is 87.1 Å². The molecule has 90 valence electrons. The van der Waals surface area contributed by atoms with Gasteiger partial charge in [-0.1, -0.05) is 35.4 Å². The van der Waals surface area contributed by atoms with Crippen molar-refractivity contribution in [1.29, 1.82) is 0 Å². The van der Waals surface area contributed by atoms with Crippen molar-refractivity contribution in [3.8, 4) is 0 Å². The van der Waals surface area contributed by atoms with Crippen LogP contribution in [-0.4, -0.2) is 25.7 Å². The lowest BCUT2D eigenvalue weighted by Crippen LogP contribution is -2.35. The molecule has 6 heteroatoms. The van der Waals surface area contributed by atoms with E-state index in [1.807, 2.05) is 30.3 Å². The highest BCUT2D eigenvalue weighted by atomic mass is 16.5. The van der Waals surface area contributed by atoms with Crippen LogP contribution in [0.15, 0.2) is 35.4 Å². The minimum Gasteiger partial charge on any atom is -0.384 e. The van der Waals surface area contributed by atoms with E-state index in [0.29, 0.717) is 6.54 Å². The maximum Gasteiger partial charge on any atom is 0.231 e. The van der Waals surface area contributed by atoms with Crippen LogP contribution in [0.2, 0.25) is 0 Å². The predicted molar refractivity (Wildman–Crippen MR) is 63.1 cm³/mol. The number of ether oxygens (including phenoxy) is 1. The van der Waals surface area contributed by atoms with Gasteiger partial charge in [0.05, 0.1) is 6.61 Å². The standard InChI is InChI=1S/C11H14N4O2/c1-17-8-10(14-15-12)11(16)13-7-9-5-3-2-4-6-9/h2-6,10H,7-8H2,1H3,(H,13,16)/t10-/m1/s1. The van der Waals surface area contributed by atoms with E-state index in [-0.39, 0.29) is 12.5 Å². The molecule has 0 aliphatic rings. The average molecular weight is 234 g/mol. The summed E-state index contributed by atoms with van der Waals surface area (Å²) in [4.78, 5) is 14.3. The van der Waals surface area contributed by atoms with Crippen molar-refractivity contribution < 1.29 is 9.53 Å². The molecule has 0 spiro atoms. The Morgan fingerprint density at radius 2 is 2.24 bits per heavy atom. The summed E-state index contributed by atoms with van der Waals surface area (Å²) >= 11 is 0. The third-order valence-corrected chi connectivity index (χ3v) is 2.13. The van der Waals surface area contributed by atoms with E-state index < -0.39 is 6.04 Å². The normalized spacial score (nSPS) is 11.4. The highest BCUT2D eigenvalue weighted by Crippen LogP contribution is 1.99. The maximum absolute atomic E-state index is 11.6. The van der Waals surface area contributed by atoms with Gasteiger partial charge in [0.2, 0.25) is 5.91 Å². The minimum atomic E-state index is -0.825. The number of carbonyl (C=O) groups excluding carboxylic acids is 1. The van der Waals surface area contributed by atoms with Crippen LogP contribution in [-0.2, 0) is 16.1 Å². The Morgan fingerprint density at radius 1 is 1.53 bits per heavy atom. The first-order valence-corrected chi connectivity index (χ1v) is 5.12. The van der Waals surface area contributed by atoms with E-state index in [0.717, 1.165) is 5.56 Å². The number of benzene rings is 1. The average Bonchev–Trinajstić information content (AvgIpc) is 2.37. The summed E-state index contributed by atoms with van der Waals surface area (Å²) in [5.41, 5.74) is 9.30. The fourth-order valence-electron chi connectivity index (χ4n) is 1.28. The summed E-state index contributed by atoms with van der Waals surface area (Å²) in [5, 5.41) is 6.05. The second kappa shape index (κ2) is 7.27. The number of carbonyl (C=O) groups is 1. The van der Waals surface area contributed by atoms with Crippen LogP contribution in [0, 0.1) is 0 Å². The summed E-state index contributed by atoms with van der Waals surface area (Å²) in [6.07, 6.45) is 0. The zero-order valence-electron chi connectivity index (χ0n) is 9.54. The first kappa shape index (κ1) is 13.0. The van der Waals surface area contributed by atoms with Gasteiger partial charge in [0.1, 0.15) is 6.04 Å². The number of azide groups is 1. The Bertz CT molecular complexity index is 401. The lowest BCUT2D eigenvalue weighted by atomic mass is 10.2. The number of rotatable bonds is 6. The summed E-state index contributed by atoms with van der Waals surface area (Å²) in [6.45, 7) is 0.478. The highest BCUT2D eigenvalue weighted by molar-refractivity contribution is 5.82. The summed E-state index contributed by atoms with van der Waals surface area (Å²) < 4.78 is 4.80. The van der Waals surface area contributed by atoms with Gasteiger partial charge < -0.3 is 10.1 Å². The molecule has 0 heterocycles. The van der Waals surface area contributed by atoms with Gasteiger partial charge in [0, 0.05) is 18.6 Å². The maximum atomic E-state index is 11.6. The number of hydrogen-bond acceptors (Lipinski definition) is 3. The fraction of sp³-hybridized carbons (Fsp3) is 0.364. The third-order valence-electron chi connectivity index (χ3n) is 2.13. The Morgan fingerprint density at radius 3 is 2.82 bits per heavy atom. The second-order valence-corrected chi connectivity index (χ2v) is 3.38. The van der Waals surface area contributed by atoms with Gasteiger partial charge in [-0.05, 0) is 11.1 Å². The van der Waals surface area contributed by atoms with Gasteiger partial charge in [0.15, 0.2) is 0 Å². The first-order valence-electron chi connectivity index (χ1n) is 5.12. The van der Waals surface area contributed by atoms with E-state index >= 15 is 0 Å². The molecule has 0 aromatic heterocycles. The molecule has 0 saturated carbocycles. The Balaban J connectivity index is 2.50. The molecule has 0 aliphatic heterocycles. The molecular formula is C11H14N4O2. The van der Waals surface area contributed by atoms with Crippen LogP contribution < -0.4 is 5.32 Å². The molecule has 1 aromatic rings. The van der Waals surface area contributed by atoms with E-state index in [2.05, 4.69) is 15.3 Å². The summed E-state index contributed by atoms with van der Waals surface area (Å²) in [6, 6.07) is 8.66. The zero-order chi connectivity index (χ0) is 12.5. The van der Waals surface area contributed by atoms with Crippen molar-refractivity contribution >= 4 is 5.91 Å². The van der Waals surface area contributed by atoms with E-state index in [1.165, 1.54) is 7.11 Å². The monoisotopic (exact) mass is 234 g/mol. The van der Waals surface area contributed by atoms with Crippen LogP contribution in [0.25, 0.3) is 10.4 Å². The van der Waals surface area contributed by atoms with Crippen molar-refractivity contribution in [2.45, 2.75) is 12.6 Å². The van der Waals surface area contributed by atoms with Gasteiger partial charge in [-0.3, -0.25) is 4.79 Å². The van der Waals surface area contributed by atoms with Gasteiger partial charge in [0.25, 0.3) is 0 Å². The number of nitrogens with zero attached hydrogens (tertiary/aromatic N) is 3. The summed E-state index contributed by atoms with van der Waals surface area (Å²) in [5.74, 6) is -0.339. The number of nitrogens with one attached hydrogen (secondary N) is 1. The molecule has 1 rings (SSSR count). The van der Waals surface area contributed by atoms with Crippen LogP contribution in [0.5, 0.6) is 0 Å². The smallest absolute Gasteiger partial charge is 0.231 e. The predicted octanol–water partition coefficient (Wildman–Crippen LogP) is 1.63. The van der Waals surface area contributed by atoms with Crippen LogP contribution in [0.3, 0.4) is 0 Å². The molecule has 0 fully saturated rings. The molecule has 6 nitrogen and oxygen atoms in total. The third kappa shape index (κ3) is 4.55. The molecule has 17 heavy (non-hydrogen) atoms. The van der Waals surface area contributed by atoms with Gasteiger partial charge in [-0.15, -0.1) is 0 Å². The van der Waals surface area contributed by atoms with Crippen molar-refractivity contribution in [1.82, 2.24) is 5.32 Å². The largest absolute Gasteiger partial charge is 0.384 e. The van der Waals surface area contributed by atoms with Crippen molar-refractivity contribution in [3.05, 3.63) is 46.3 Å². The van der Waals surface area contributed by atoms with E-state index in [4.69, 9.17) is 10.3 Å². The van der Waals surface area contributed by atoms with E-state index in [1.54, 1.807) is 0 Å². The highest BCUT2D eigenvalue weighted by Gasteiger charge is 2.15. The summed E-state index contributed by atoms with van der Waals surface area (Å²) in [7, 11) is 1.45. The molecule has 0 aliphatic carbocycles.